The number of pyridine rings is 1. The van der Waals surface area contributed by atoms with Gasteiger partial charge in [0, 0.05) is 34.5 Å². The van der Waals surface area contributed by atoms with Crippen molar-refractivity contribution in [1.82, 2.24) is 9.97 Å². The molecule has 5 rings (SSSR count). The Bertz CT molecular complexity index is 1710. The lowest BCUT2D eigenvalue weighted by Gasteiger charge is -2.11. The first kappa shape index (κ1) is 24.8. The molecule has 0 aliphatic carbocycles. The molecule has 38 heavy (non-hydrogen) atoms. The number of ether oxygens (including phenoxy) is 2. The predicted molar refractivity (Wildman–Crippen MR) is 144 cm³/mol. The summed E-state index contributed by atoms with van der Waals surface area (Å²) < 4.78 is 10.5. The molecule has 0 radical (unpaired) electrons. The van der Waals surface area contributed by atoms with Crippen LogP contribution in [0.3, 0.4) is 0 Å². The van der Waals surface area contributed by atoms with Crippen LogP contribution in [-0.4, -0.2) is 57.7 Å². The van der Waals surface area contributed by atoms with E-state index in [1.165, 1.54) is 19.2 Å². The van der Waals surface area contributed by atoms with E-state index in [0.29, 0.717) is 33.6 Å². The third-order valence-corrected chi connectivity index (χ3v) is 6.33. The van der Waals surface area contributed by atoms with E-state index in [4.69, 9.17) is 9.47 Å². The van der Waals surface area contributed by atoms with Crippen LogP contribution in [-0.2, 0) is 6.42 Å². The van der Waals surface area contributed by atoms with Crippen molar-refractivity contribution in [2.24, 2.45) is 4.99 Å². The van der Waals surface area contributed by atoms with E-state index in [1.807, 2.05) is 24.4 Å². The molecule has 2 heterocycles. The molecule has 1 amide bonds. The smallest absolute Gasteiger partial charge is 0.277 e. The number of methoxy groups -OCH3 is 2. The zero-order chi connectivity index (χ0) is 26.8. The van der Waals surface area contributed by atoms with Crippen molar-refractivity contribution in [1.29, 1.82) is 0 Å². The number of fused-ring (bicyclic) bond motifs is 2. The number of para-hydroxylation sites is 1. The van der Waals surface area contributed by atoms with Crippen molar-refractivity contribution in [3.8, 4) is 34.3 Å². The number of phenols is 2. The topological polar surface area (TPSA) is 137 Å². The largest absolute Gasteiger partial charge is 0.504 e. The molecule has 0 unspecified atom stereocenters. The summed E-state index contributed by atoms with van der Waals surface area (Å²) in [6.45, 7) is -0.401. The van der Waals surface area contributed by atoms with Gasteiger partial charge in [0.2, 0.25) is 5.75 Å². The molecular formula is C29H25N3O6. The fourth-order valence-electron chi connectivity index (χ4n) is 4.38. The van der Waals surface area contributed by atoms with Crippen molar-refractivity contribution >= 4 is 33.4 Å². The van der Waals surface area contributed by atoms with E-state index in [0.717, 1.165) is 16.5 Å². The Kier molecular flexibility index (Phi) is 6.68. The number of aromatic hydroxyl groups is 2. The number of rotatable bonds is 7. The number of carbonyl (C=O) groups is 1. The highest BCUT2D eigenvalue weighted by Crippen LogP contribution is 2.40. The summed E-state index contributed by atoms with van der Waals surface area (Å²) in [6.07, 6.45) is 2.08. The molecule has 192 valence electrons. The van der Waals surface area contributed by atoms with E-state index in [9.17, 15) is 20.1 Å². The highest BCUT2D eigenvalue weighted by molar-refractivity contribution is 6.12. The number of aliphatic hydroxyl groups excluding tert-OH is 1. The number of phenolic OH excluding ortho intramolecular Hbond substituents is 2. The molecule has 0 spiro atoms. The zero-order valence-electron chi connectivity index (χ0n) is 20.7. The minimum Gasteiger partial charge on any atom is -0.504 e. The predicted octanol–water partition coefficient (Wildman–Crippen LogP) is 4.63. The SMILES string of the molecule is COc1ccc2[nH]cc(CC(CO)=NC(=O)c3cc(-c4cc(O)c(O)c(OC)c4)nc4ccccc34)c2c1. The maximum atomic E-state index is 13.5. The second-order valence-electron chi connectivity index (χ2n) is 8.66. The lowest BCUT2D eigenvalue weighted by molar-refractivity contribution is 0.100. The number of H-pyrrole nitrogens is 1. The van der Waals surface area contributed by atoms with Crippen LogP contribution in [0.15, 0.2) is 71.9 Å². The lowest BCUT2D eigenvalue weighted by Crippen LogP contribution is -2.12. The normalized spacial score (nSPS) is 11.7. The highest BCUT2D eigenvalue weighted by Gasteiger charge is 2.18. The van der Waals surface area contributed by atoms with Gasteiger partial charge in [-0.05, 0) is 48.0 Å². The van der Waals surface area contributed by atoms with E-state index in [-0.39, 0.29) is 29.2 Å². The first-order valence-electron chi connectivity index (χ1n) is 11.8. The van der Waals surface area contributed by atoms with Crippen LogP contribution < -0.4 is 9.47 Å². The van der Waals surface area contributed by atoms with Crippen molar-refractivity contribution in [2.45, 2.75) is 6.42 Å². The maximum absolute atomic E-state index is 13.5. The Morgan fingerprint density at radius 2 is 1.82 bits per heavy atom. The fourth-order valence-corrected chi connectivity index (χ4v) is 4.38. The molecule has 0 atom stereocenters. The van der Waals surface area contributed by atoms with Crippen LogP contribution in [0, 0.1) is 0 Å². The highest BCUT2D eigenvalue weighted by atomic mass is 16.5. The summed E-state index contributed by atoms with van der Waals surface area (Å²) in [5.74, 6) is -0.539. The van der Waals surface area contributed by atoms with Gasteiger partial charge >= 0.3 is 0 Å². The number of hydrogen-bond acceptors (Lipinski definition) is 7. The number of aliphatic hydroxyl groups is 1. The summed E-state index contributed by atoms with van der Waals surface area (Å²) in [6, 6.07) is 17.2. The standard InChI is InChI=1S/C29H25N3O6/c1-37-19-7-8-23-21(12-19)17(14-30-23)9-18(15-33)31-29(36)22-13-25(32-24-6-4-3-5-20(22)24)16-10-26(34)28(35)27(11-16)38-2/h3-8,10-14,30,33-35H,9,15H2,1-2H3. The van der Waals surface area contributed by atoms with Crippen molar-refractivity contribution in [3.05, 3.63) is 78.0 Å². The number of carbonyl (C=O) groups excluding carboxylic acids is 1. The Labute approximate surface area is 217 Å². The summed E-state index contributed by atoms with van der Waals surface area (Å²) in [7, 11) is 2.96. The Morgan fingerprint density at radius 1 is 1.00 bits per heavy atom. The molecule has 3 aromatic carbocycles. The number of amides is 1. The van der Waals surface area contributed by atoms with Gasteiger partial charge in [0.1, 0.15) is 5.75 Å². The van der Waals surface area contributed by atoms with Gasteiger partial charge in [0.25, 0.3) is 5.91 Å². The molecule has 9 nitrogen and oxygen atoms in total. The van der Waals surface area contributed by atoms with E-state index in [2.05, 4.69) is 15.0 Å². The summed E-state index contributed by atoms with van der Waals surface area (Å²) in [5.41, 5.74) is 3.72. The van der Waals surface area contributed by atoms with Crippen molar-refractivity contribution in [2.75, 3.05) is 20.8 Å². The molecule has 0 fully saturated rings. The maximum Gasteiger partial charge on any atom is 0.277 e. The van der Waals surface area contributed by atoms with Gasteiger partial charge in [-0.15, -0.1) is 0 Å². The van der Waals surface area contributed by atoms with E-state index < -0.39 is 12.5 Å². The number of aliphatic imine (C=N–C) groups is 1. The molecule has 9 heteroatoms. The van der Waals surface area contributed by atoms with Crippen LogP contribution >= 0.6 is 0 Å². The van der Waals surface area contributed by atoms with Crippen LogP contribution in [0.5, 0.6) is 23.0 Å². The van der Waals surface area contributed by atoms with Crippen molar-refractivity contribution < 1.29 is 29.6 Å². The average Bonchev–Trinajstić information content (AvgIpc) is 3.34. The van der Waals surface area contributed by atoms with Crippen LogP contribution in [0.25, 0.3) is 33.1 Å². The van der Waals surface area contributed by atoms with Crippen LogP contribution in [0.2, 0.25) is 0 Å². The average molecular weight is 512 g/mol. The van der Waals surface area contributed by atoms with Gasteiger partial charge in [0.05, 0.1) is 43.3 Å². The number of nitrogens with zero attached hydrogens (tertiary/aromatic N) is 2. The molecule has 4 N–H and O–H groups in total. The molecule has 2 aromatic heterocycles. The number of hydrogen-bond donors (Lipinski definition) is 4. The summed E-state index contributed by atoms with van der Waals surface area (Å²) in [5, 5.41) is 31.7. The van der Waals surface area contributed by atoms with Gasteiger partial charge < -0.3 is 29.8 Å². The zero-order valence-corrected chi connectivity index (χ0v) is 20.7. The Balaban J connectivity index is 1.56. The van der Waals surface area contributed by atoms with Crippen LogP contribution in [0.1, 0.15) is 15.9 Å². The minimum absolute atomic E-state index is 0.0683. The third kappa shape index (κ3) is 4.62. The molecule has 0 bridgehead atoms. The molecule has 0 aliphatic heterocycles. The molecule has 0 saturated heterocycles. The number of nitrogens with one attached hydrogen (secondary N) is 1. The monoisotopic (exact) mass is 511 g/mol. The molecule has 0 saturated carbocycles. The van der Waals surface area contributed by atoms with E-state index >= 15 is 0 Å². The Morgan fingerprint density at radius 3 is 2.58 bits per heavy atom. The van der Waals surface area contributed by atoms with E-state index in [1.54, 1.807) is 37.4 Å². The Hall–Kier alpha value is -4.89. The minimum atomic E-state index is -0.540. The lowest BCUT2D eigenvalue weighted by atomic mass is 10.0. The quantitative estimate of drug-likeness (QED) is 0.185. The second kappa shape index (κ2) is 10.2. The van der Waals surface area contributed by atoms with Gasteiger partial charge in [0.15, 0.2) is 11.5 Å². The van der Waals surface area contributed by atoms with Gasteiger partial charge in [-0.25, -0.2) is 9.98 Å². The number of aromatic nitrogens is 2. The molecule has 5 aromatic rings. The van der Waals surface area contributed by atoms with Crippen molar-refractivity contribution in [3.63, 3.8) is 0 Å². The number of benzene rings is 3. The summed E-state index contributed by atoms with van der Waals surface area (Å²) >= 11 is 0. The third-order valence-electron chi connectivity index (χ3n) is 6.33. The second-order valence-corrected chi connectivity index (χ2v) is 8.66. The number of aromatic amines is 1. The van der Waals surface area contributed by atoms with Crippen LogP contribution in [0.4, 0.5) is 0 Å². The van der Waals surface area contributed by atoms with Gasteiger partial charge in [-0.1, -0.05) is 18.2 Å². The van der Waals surface area contributed by atoms with Gasteiger partial charge in [-0.2, -0.15) is 0 Å². The van der Waals surface area contributed by atoms with Gasteiger partial charge in [-0.3, -0.25) is 4.79 Å². The fraction of sp³-hybridized carbons (Fsp3) is 0.138. The first-order chi connectivity index (χ1) is 18.4. The summed E-state index contributed by atoms with van der Waals surface area (Å²) in [4.78, 5) is 25.6. The first-order valence-corrected chi connectivity index (χ1v) is 11.8. The molecule has 0 aliphatic rings. The molecular weight excluding hydrogens is 486 g/mol.